The van der Waals surface area contributed by atoms with E-state index < -0.39 is 16.0 Å². The largest absolute Gasteiger partial charge is 0.478 e. The second-order valence-electron chi connectivity index (χ2n) is 5.75. The fraction of sp³-hybridized carbons (Fsp3) is 0.462. The summed E-state index contributed by atoms with van der Waals surface area (Å²) in [7, 11) is -3.78. The van der Waals surface area contributed by atoms with Crippen LogP contribution in [0.15, 0.2) is 17.0 Å². The van der Waals surface area contributed by atoms with Gasteiger partial charge in [0.2, 0.25) is 10.0 Å². The molecule has 0 bridgehead atoms. The number of carboxylic acids is 1. The first-order valence-corrected chi connectivity index (χ1v) is 7.96. The molecule has 1 aromatic rings. The highest BCUT2D eigenvalue weighted by molar-refractivity contribution is 7.89. The first-order chi connectivity index (χ1) is 9.04. The minimum absolute atomic E-state index is 0.0603. The normalized spacial score (nSPS) is 20.7. The monoisotopic (exact) mass is 317 g/mol. The molecule has 1 unspecified atom stereocenters. The van der Waals surface area contributed by atoms with Crippen molar-refractivity contribution in [2.45, 2.75) is 38.1 Å². The minimum atomic E-state index is -3.78. The zero-order chi connectivity index (χ0) is 15.3. The van der Waals surface area contributed by atoms with E-state index in [1.807, 2.05) is 13.8 Å². The van der Waals surface area contributed by atoms with Crippen molar-refractivity contribution in [2.24, 2.45) is 5.41 Å². The van der Waals surface area contributed by atoms with Gasteiger partial charge in [0.1, 0.15) is 0 Å². The molecule has 1 atom stereocenters. The fourth-order valence-electron chi connectivity index (χ4n) is 2.07. The van der Waals surface area contributed by atoms with Gasteiger partial charge in [0.05, 0.1) is 10.5 Å². The summed E-state index contributed by atoms with van der Waals surface area (Å²) >= 11 is 5.82. The number of hydrogen-bond donors (Lipinski definition) is 2. The van der Waals surface area contributed by atoms with Crippen LogP contribution in [-0.4, -0.2) is 25.5 Å². The zero-order valence-electron chi connectivity index (χ0n) is 11.4. The molecule has 0 spiro atoms. The summed E-state index contributed by atoms with van der Waals surface area (Å²) in [6.45, 7) is 5.40. The first-order valence-electron chi connectivity index (χ1n) is 6.10. The van der Waals surface area contributed by atoms with Crippen LogP contribution in [0.25, 0.3) is 0 Å². The van der Waals surface area contributed by atoms with Gasteiger partial charge in [-0.1, -0.05) is 25.4 Å². The summed E-state index contributed by atoms with van der Waals surface area (Å²) in [5, 5.41) is 9.17. The molecule has 1 aliphatic rings. The van der Waals surface area contributed by atoms with E-state index in [0.29, 0.717) is 0 Å². The van der Waals surface area contributed by atoms with Crippen molar-refractivity contribution in [1.82, 2.24) is 4.72 Å². The predicted octanol–water partition coefficient (Wildman–Crippen LogP) is 2.42. The minimum Gasteiger partial charge on any atom is -0.478 e. The fourth-order valence-corrected chi connectivity index (χ4v) is 4.06. The van der Waals surface area contributed by atoms with Crippen molar-refractivity contribution in [3.05, 3.63) is 28.3 Å². The number of benzene rings is 1. The lowest BCUT2D eigenvalue weighted by molar-refractivity contribution is 0.0696. The molecule has 1 aromatic carbocycles. The van der Waals surface area contributed by atoms with Crippen LogP contribution in [0, 0.1) is 12.3 Å². The molecule has 20 heavy (non-hydrogen) atoms. The number of nitrogens with one attached hydrogen (secondary N) is 1. The standard InChI is InChI=1S/C13H16ClNO4S/c1-7-9(12(16)17)4-8(14)5-10(7)20(18,19)15-11-6-13(11,2)3/h4-5,11,15H,6H2,1-3H3,(H,16,17). The lowest BCUT2D eigenvalue weighted by atomic mass is 10.1. The molecule has 0 saturated heterocycles. The Morgan fingerprint density at radius 2 is 2.00 bits per heavy atom. The van der Waals surface area contributed by atoms with Gasteiger partial charge in [0.15, 0.2) is 0 Å². The van der Waals surface area contributed by atoms with Gasteiger partial charge in [0.25, 0.3) is 0 Å². The van der Waals surface area contributed by atoms with Gasteiger partial charge < -0.3 is 5.11 Å². The number of hydrogen-bond acceptors (Lipinski definition) is 3. The Morgan fingerprint density at radius 1 is 1.45 bits per heavy atom. The van der Waals surface area contributed by atoms with Gasteiger partial charge in [-0.05, 0) is 36.5 Å². The Labute approximate surface area is 123 Å². The lowest BCUT2D eigenvalue weighted by Crippen LogP contribution is -2.29. The highest BCUT2D eigenvalue weighted by Gasteiger charge is 2.48. The summed E-state index contributed by atoms with van der Waals surface area (Å²) < 4.78 is 27.3. The quantitative estimate of drug-likeness (QED) is 0.893. The molecule has 1 fully saturated rings. The SMILES string of the molecule is Cc1c(C(=O)O)cc(Cl)cc1S(=O)(=O)NC1CC1(C)C. The number of aromatic carboxylic acids is 1. The lowest BCUT2D eigenvalue weighted by Gasteiger charge is -2.12. The summed E-state index contributed by atoms with van der Waals surface area (Å²) in [5.41, 5.74) is 0.0237. The summed E-state index contributed by atoms with van der Waals surface area (Å²) in [4.78, 5) is 11.0. The van der Waals surface area contributed by atoms with Gasteiger partial charge >= 0.3 is 5.97 Å². The summed E-state index contributed by atoms with van der Waals surface area (Å²) in [6, 6.07) is 2.40. The average Bonchev–Trinajstić information content (AvgIpc) is 2.87. The van der Waals surface area contributed by atoms with E-state index in [4.69, 9.17) is 16.7 Å². The van der Waals surface area contributed by atoms with Crippen LogP contribution >= 0.6 is 11.6 Å². The molecule has 0 heterocycles. The smallest absolute Gasteiger partial charge is 0.336 e. The molecular formula is C13H16ClNO4S. The van der Waals surface area contributed by atoms with Gasteiger partial charge in [-0.25, -0.2) is 17.9 Å². The van der Waals surface area contributed by atoms with Gasteiger partial charge in [-0.15, -0.1) is 0 Å². The van der Waals surface area contributed by atoms with E-state index in [-0.39, 0.29) is 32.5 Å². The number of sulfonamides is 1. The number of rotatable bonds is 4. The summed E-state index contributed by atoms with van der Waals surface area (Å²) in [6.07, 6.45) is 0.762. The van der Waals surface area contributed by atoms with Crippen LogP contribution in [0.4, 0.5) is 0 Å². The highest BCUT2D eigenvalue weighted by Crippen LogP contribution is 2.45. The third-order valence-corrected chi connectivity index (χ3v) is 5.47. The third kappa shape index (κ3) is 2.82. The zero-order valence-corrected chi connectivity index (χ0v) is 13.0. The van der Waals surface area contributed by atoms with E-state index in [1.54, 1.807) is 0 Å². The van der Waals surface area contributed by atoms with E-state index in [9.17, 15) is 13.2 Å². The van der Waals surface area contributed by atoms with Crippen molar-refractivity contribution < 1.29 is 18.3 Å². The van der Waals surface area contributed by atoms with Crippen molar-refractivity contribution in [3.8, 4) is 0 Å². The molecule has 1 saturated carbocycles. The Kier molecular flexibility index (Phi) is 3.60. The van der Waals surface area contributed by atoms with Crippen molar-refractivity contribution in [2.75, 3.05) is 0 Å². The Hall–Kier alpha value is -1.11. The van der Waals surface area contributed by atoms with E-state index in [2.05, 4.69) is 4.72 Å². The topological polar surface area (TPSA) is 83.5 Å². The molecule has 2 N–H and O–H groups in total. The maximum absolute atomic E-state index is 12.4. The van der Waals surface area contributed by atoms with Crippen molar-refractivity contribution >= 4 is 27.6 Å². The van der Waals surface area contributed by atoms with Gasteiger partial charge in [0, 0.05) is 11.1 Å². The van der Waals surface area contributed by atoms with Gasteiger partial charge in [-0.3, -0.25) is 0 Å². The predicted molar refractivity (Wildman–Crippen MR) is 75.7 cm³/mol. The number of halogens is 1. The molecule has 5 nitrogen and oxygen atoms in total. The van der Waals surface area contributed by atoms with Crippen LogP contribution in [0.1, 0.15) is 36.2 Å². The van der Waals surface area contributed by atoms with Crippen LogP contribution in [0.5, 0.6) is 0 Å². The molecule has 0 amide bonds. The Balaban J connectivity index is 2.44. The highest BCUT2D eigenvalue weighted by atomic mass is 35.5. The number of carboxylic acid groups (broad SMARTS) is 1. The third-order valence-electron chi connectivity index (χ3n) is 3.66. The number of carbonyl (C=O) groups is 1. The molecule has 110 valence electrons. The Morgan fingerprint density at radius 3 is 2.45 bits per heavy atom. The molecule has 0 radical (unpaired) electrons. The van der Waals surface area contributed by atoms with Crippen molar-refractivity contribution in [3.63, 3.8) is 0 Å². The molecule has 2 rings (SSSR count). The van der Waals surface area contributed by atoms with Crippen LogP contribution < -0.4 is 4.72 Å². The van der Waals surface area contributed by atoms with E-state index in [1.165, 1.54) is 19.1 Å². The molecular weight excluding hydrogens is 302 g/mol. The summed E-state index contributed by atoms with van der Waals surface area (Å²) in [5.74, 6) is -1.20. The van der Waals surface area contributed by atoms with Crippen LogP contribution in [-0.2, 0) is 10.0 Å². The maximum Gasteiger partial charge on any atom is 0.336 e. The first kappa shape index (κ1) is 15.3. The second kappa shape index (κ2) is 4.72. The molecule has 7 heteroatoms. The van der Waals surface area contributed by atoms with Crippen LogP contribution in [0.3, 0.4) is 0 Å². The molecule has 0 aromatic heterocycles. The second-order valence-corrected chi connectivity index (χ2v) is 7.87. The molecule has 1 aliphatic carbocycles. The Bertz CT molecular complexity index is 682. The molecule has 0 aliphatic heterocycles. The maximum atomic E-state index is 12.4. The van der Waals surface area contributed by atoms with E-state index in [0.717, 1.165) is 6.42 Å². The van der Waals surface area contributed by atoms with Crippen molar-refractivity contribution in [1.29, 1.82) is 0 Å². The average molecular weight is 318 g/mol. The van der Waals surface area contributed by atoms with Crippen LogP contribution in [0.2, 0.25) is 5.02 Å². The van der Waals surface area contributed by atoms with E-state index >= 15 is 0 Å². The van der Waals surface area contributed by atoms with Gasteiger partial charge in [-0.2, -0.15) is 0 Å².